The van der Waals surface area contributed by atoms with Gasteiger partial charge < -0.3 is 9.84 Å². The summed E-state index contributed by atoms with van der Waals surface area (Å²) in [6.07, 6.45) is 0. The van der Waals surface area contributed by atoms with Crippen molar-refractivity contribution in [2.45, 2.75) is 26.3 Å². The summed E-state index contributed by atoms with van der Waals surface area (Å²) in [5.41, 5.74) is 2.06. The van der Waals surface area contributed by atoms with Gasteiger partial charge >= 0.3 is 0 Å². The number of benzene rings is 1. The summed E-state index contributed by atoms with van der Waals surface area (Å²) >= 11 is 0. The number of rotatable bonds is 3. The number of hydrogen-bond donors (Lipinski definition) is 1. The van der Waals surface area contributed by atoms with Gasteiger partial charge in [0, 0.05) is 17.0 Å². The van der Waals surface area contributed by atoms with Crippen molar-refractivity contribution in [2.75, 3.05) is 13.2 Å². The van der Waals surface area contributed by atoms with Gasteiger partial charge in [0.25, 0.3) is 0 Å². The molecule has 112 valence electrons. The van der Waals surface area contributed by atoms with Crippen molar-refractivity contribution in [3.05, 3.63) is 35.6 Å². The first-order chi connectivity index (χ1) is 10.1. The van der Waals surface area contributed by atoms with Gasteiger partial charge in [0.15, 0.2) is 0 Å². The molecule has 0 amide bonds. The normalized spacial score (nSPS) is 17.7. The van der Waals surface area contributed by atoms with Gasteiger partial charge in [-0.15, -0.1) is 0 Å². The van der Waals surface area contributed by atoms with Crippen molar-refractivity contribution in [2.24, 2.45) is 5.92 Å². The van der Waals surface area contributed by atoms with Crippen molar-refractivity contribution >= 4 is 0 Å². The minimum Gasteiger partial charge on any atom is -0.477 e. The average molecular weight is 290 g/mol. The Morgan fingerprint density at radius 3 is 2.86 bits per heavy atom. The lowest BCUT2D eigenvalue weighted by molar-refractivity contribution is 0.107. The fourth-order valence-corrected chi connectivity index (χ4v) is 2.71. The number of ether oxygens (including phenoxy) is 1. The Morgan fingerprint density at radius 2 is 2.19 bits per heavy atom. The maximum Gasteiger partial charge on any atom is 0.215 e. The predicted octanol–water partition coefficient (Wildman–Crippen LogP) is 2.81. The summed E-state index contributed by atoms with van der Waals surface area (Å²) in [6.45, 7) is 5.22. The van der Waals surface area contributed by atoms with E-state index < -0.39 is 0 Å². The van der Waals surface area contributed by atoms with E-state index in [0.29, 0.717) is 30.3 Å². The lowest BCUT2D eigenvalue weighted by Gasteiger charge is -2.23. The molecule has 0 bridgehead atoms. The van der Waals surface area contributed by atoms with Crippen LogP contribution in [0.1, 0.15) is 25.3 Å². The van der Waals surface area contributed by atoms with E-state index in [1.54, 1.807) is 22.9 Å². The predicted molar refractivity (Wildman–Crippen MR) is 77.8 cm³/mol. The van der Waals surface area contributed by atoms with Crippen molar-refractivity contribution < 1.29 is 14.2 Å². The van der Waals surface area contributed by atoms with Gasteiger partial charge in [0.2, 0.25) is 5.88 Å². The average Bonchev–Trinajstić information content (AvgIpc) is 2.85. The second-order valence-corrected chi connectivity index (χ2v) is 5.74. The second-order valence-electron chi connectivity index (χ2n) is 5.74. The Kier molecular flexibility index (Phi) is 3.68. The van der Waals surface area contributed by atoms with Gasteiger partial charge in [-0.2, -0.15) is 5.10 Å². The van der Waals surface area contributed by atoms with Crippen molar-refractivity contribution in [1.82, 2.24) is 9.78 Å². The first kappa shape index (κ1) is 14.1. The van der Waals surface area contributed by atoms with Gasteiger partial charge in [0.1, 0.15) is 11.5 Å². The van der Waals surface area contributed by atoms with Gasteiger partial charge in [-0.25, -0.2) is 9.07 Å². The number of aliphatic hydroxyl groups excluding tert-OH is 1. The summed E-state index contributed by atoms with van der Waals surface area (Å²) in [4.78, 5) is 0. The highest BCUT2D eigenvalue weighted by molar-refractivity contribution is 5.67. The van der Waals surface area contributed by atoms with Crippen LogP contribution in [0.25, 0.3) is 11.3 Å². The zero-order valence-corrected chi connectivity index (χ0v) is 12.2. The zero-order chi connectivity index (χ0) is 15.0. The van der Waals surface area contributed by atoms with E-state index in [4.69, 9.17) is 4.74 Å². The Labute approximate surface area is 123 Å². The number of aliphatic hydroxyl groups is 1. The Hall–Kier alpha value is -1.88. The van der Waals surface area contributed by atoms with Crippen molar-refractivity contribution in [3.8, 4) is 17.1 Å². The lowest BCUT2D eigenvalue weighted by Crippen LogP contribution is -2.28. The molecule has 1 aliphatic heterocycles. The third-order valence-electron chi connectivity index (χ3n) is 3.79. The molecule has 0 unspecified atom stereocenters. The maximum atomic E-state index is 14.1. The molecule has 0 saturated carbocycles. The number of fused-ring (bicyclic) bond motifs is 1. The van der Waals surface area contributed by atoms with E-state index in [0.717, 1.165) is 5.56 Å². The molecule has 0 aliphatic carbocycles. The fourth-order valence-electron chi connectivity index (χ4n) is 2.71. The largest absolute Gasteiger partial charge is 0.477 e. The molecule has 0 saturated heterocycles. The number of aromatic nitrogens is 2. The van der Waals surface area contributed by atoms with Crippen LogP contribution < -0.4 is 4.74 Å². The molecule has 2 heterocycles. The molecule has 0 radical (unpaired) electrons. The van der Waals surface area contributed by atoms with E-state index in [2.05, 4.69) is 5.10 Å². The molecule has 2 aromatic rings. The van der Waals surface area contributed by atoms with Crippen LogP contribution in [0, 0.1) is 11.7 Å². The SMILES string of the molecule is CC(C)c1c(-c2ccccc2F)nn2c1OC[C@H](CO)C2. The van der Waals surface area contributed by atoms with Crippen LogP contribution >= 0.6 is 0 Å². The molecule has 1 N–H and O–H groups in total. The van der Waals surface area contributed by atoms with E-state index in [1.807, 2.05) is 13.8 Å². The second kappa shape index (κ2) is 5.48. The molecule has 1 aliphatic rings. The third-order valence-corrected chi connectivity index (χ3v) is 3.79. The molecular weight excluding hydrogens is 271 g/mol. The summed E-state index contributed by atoms with van der Waals surface area (Å²) in [5.74, 6) is 0.626. The number of nitrogens with zero attached hydrogens (tertiary/aromatic N) is 2. The van der Waals surface area contributed by atoms with Crippen LogP contribution in [0.5, 0.6) is 5.88 Å². The molecule has 0 spiro atoms. The summed E-state index contributed by atoms with van der Waals surface area (Å²) in [7, 11) is 0. The summed E-state index contributed by atoms with van der Waals surface area (Å²) in [6, 6.07) is 6.65. The van der Waals surface area contributed by atoms with Gasteiger partial charge in [-0.05, 0) is 18.1 Å². The Balaban J connectivity index is 2.14. The van der Waals surface area contributed by atoms with Gasteiger partial charge in [0.05, 0.1) is 19.8 Å². The van der Waals surface area contributed by atoms with Crippen LogP contribution in [0.15, 0.2) is 24.3 Å². The van der Waals surface area contributed by atoms with Crippen LogP contribution in [0.2, 0.25) is 0 Å². The molecule has 0 fully saturated rings. The topological polar surface area (TPSA) is 47.3 Å². The molecule has 3 rings (SSSR count). The standard InChI is InChI=1S/C16H19FN2O2/c1-10(2)14-15(12-5-3-4-6-13(12)17)18-19-7-11(8-20)9-21-16(14)19/h3-6,10-11,20H,7-9H2,1-2H3/t11-/m0/s1. The Bertz CT molecular complexity index is 652. The minimum absolute atomic E-state index is 0.0332. The molecule has 4 nitrogen and oxygen atoms in total. The lowest BCUT2D eigenvalue weighted by atomic mass is 9.98. The first-order valence-corrected chi connectivity index (χ1v) is 7.21. The van der Waals surface area contributed by atoms with E-state index in [1.165, 1.54) is 6.07 Å². The molecule has 5 heteroatoms. The molecular formula is C16H19FN2O2. The van der Waals surface area contributed by atoms with E-state index in [-0.39, 0.29) is 24.3 Å². The fraction of sp³-hybridized carbons (Fsp3) is 0.438. The molecule has 1 aromatic carbocycles. The highest BCUT2D eigenvalue weighted by atomic mass is 19.1. The highest BCUT2D eigenvalue weighted by Gasteiger charge is 2.29. The molecule has 1 aromatic heterocycles. The Morgan fingerprint density at radius 1 is 1.43 bits per heavy atom. The van der Waals surface area contributed by atoms with Crippen LogP contribution in [-0.2, 0) is 6.54 Å². The van der Waals surface area contributed by atoms with Crippen molar-refractivity contribution in [3.63, 3.8) is 0 Å². The maximum absolute atomic E-state index is 14.1. The highest BCUT2D eigenvalue weighted by Crippen LogP contribution is 2.38. The zero-order valence-electron chi connectivity index (χ0n) is 12.2. The first-order valence-electron chi connectivity index (χ1n) is 7.21. The smallest absolute Gasteiger partial charge is 0.215 e. The van der Waals surface area contributed by atoms with Gasteiger partial charge in [-0.3, -0.25) is 0 Å². The van der Waals surface area contributed by atoms with Crippen molar-refractivity contribution in [1.29, 1.82) is 0 Å². The van der Waals surface area contributed by atoms with Crippen LogP contribution in [0.4, 0.5) is 4.39 Å². The number of halogens is 1. The minimum atomic E-state index is -0.284. The summed E-state index contributed by atoms with van der Waals surface area (Å²) in [5, 5.41) is 13.8. The monoisotopic (exact) mass is 290 g/mol. The summed E-state index contributed by atoms with van der Waals surface area (Å²) < 4.78 is 21.6. The third kappa shape index (κ3) is 2.42. The van der Waals surface area contributed by atoms with Gasteiger partial charge in [-0.1, -0.05) is 26.0 Å². The quantitative estimate of drug-likeness (QED) is 0.945. The van der Waals surface area contributed by atoms with Crippen LogP contribution in [-0.4, -0.2) is 28.1 Å². The molecule has 21 heavy (non-hydrogen) atoms. The molecule has 1 atom stereocenters. The van der Waals surface area contributed by atoms with E-state index in [9.17, 15) is 9.50 Å². The van der Waals surface area contributed by atoms with Crippen LogP contribution in [0.3, 0.4) is 0 Å². The number of hydrogen-bond acceptors (Lipinski definition) is 3. The van der Waals surface area contributed by atoms with E-state index >= 15 is 0 Å².